The number of Topliss-reactive ketones (excluding diaryl/α,β-unsaturated/α-hetero) is 3. The minimum absolute atomic E-state index is 0.0179. The minimum Gasteiger partial charge on any atom is -0.370 e. The highest BCUT2D eigenvalue weighted by Crippen LogP contribution is 2.11. The molecule has 21 nitrogen and oxygen atoms in total. The van der Waals surface area contributed by atoms with Crippen LogP contribution in [0.2, 0.25) is 0 Å². The Bertz CT molecular complexity index is 1510. The number of carbonyl (C=O) groups is 7. The molecule has 0 bridgehead atoms. The molecule has 1 aromatic rings. The number of ketones is 3. The van der Waals surface area contributed by atoms with E-state index < -0.39 is 77.1 Å². The zero-order valence-corrected chi connectivity index (χ0v) is 32.8. The number of aromatic amines is 1. The third kappa shape index (κ3) is 18.9. The van der Waals surface area contributed by atoms with Crippen LogP contribution in [0.4, 0.5) is 0 Å². The topological polar surface area (TPSA) is 349 Å². The van der Waals surface area contributed by atoms with Crippen LogP contribution >= 0.6 is 0 Å². The van der Waals surface area contributed by atoms with Crippen molar-refractivity contribution in [3.63, 3.8) is 0 Å². The fourth-order valence-electron chi connectivity index (χ4n) is 4.86. The van der Waals surface area contributed by atoms with E-state index in [-0.39, 0.29) is 69.1 Å². The van der Waals surface area contributed by atoms with Crippen LogP contribution in [0.25, 0.3) is 0 Å². The first-order valence-corrected chi connectivity index (χ1v) is 18.0. The van der Waals surface area contributed by atoms with E-state index in [9.17, 15) is 33.6 Å². The fourth-order valence-corrected chi connectivity index (χ4v) is 4.86. The van der Waals surface area contributed by atoms with Gasteiger partial charge in [0.15, 0.2) is 17.7 Å². The molecule has 0 aliphatic heterocycles. The van der Waals surface area contributed by atoms with E-state index in [1.807, 2.05) is 20.8 Å². The minimum atomic E-state index is -1.22. The lowest BCUT2D eigenvalue weighted by Crippen LogP contribution is -2.61. The van der Waals surface area contributed by atoms with E-state index in [4.69, 9.17) is 22.9 Å². The summed E-state index contributed by atoms with van der Waals surface area (Å²) in [6.45, 7) is 12.1. The van der Waals surface area contributed by atoms with Gasteiger partial charge in [-0.25, -0.2) is 15.8 Å². The van der Waals surface area contributed by atoms with Gasteiger partial charge >= 0.3 is 0 Å². The molecule has 4 amide bonds. The van der Waals surface area contributed by atoms with Gasteiger partial charge in [-0.15, -0.1) is 0 Å². The molecule has 0 unspecified atom stereocenters. The van der Waals surface area contributed by atoms with Crippen LogP contribution in [0.5, 0.6) is 0 Å². The lowest BCUT2D eigenvalue weighted by atomic mass is 9.97. The van der Waals surface area contributed by atoms with Gasteiger partial charge < -0.3 is 49.2 Å². The summed E-state index contributed by atoms with van der Waals surface area (Å²) in [6, 6.07) is -5.78. The molecule has 0 aliphatic rings. The van der Waals surface area contributed by atoms with Crippen LogP contribution in [0, 0.1) is 11.3 Å². The van der Waals surface area contributed by atoms with E-state index >= 15 is 0 Å². The Morgan fingerprint density at radius 3 is 1.80 bits per heavy atom. The van der Waals surface area contributed by atoms with Gasteiger partial charge in [0.1, 0.15) is 18.1 Å². The molecular formula is C34H60N14O7. The molecule has 1 rings (SSSR count). The molecule has 0 spiro atoms. The van der Waals surface area contributed by atoms with E-state index in [1.165, 1.54) is 19.4 Å². The largest absolute Gasteiger partial charge is 0.370 e. The average Bonchev–Trinajstić information content (AvgIpc) is 3.61. The van der Waals surface area contributed by atoms with Gasteiger partial charge in [-0.05, 0) is 43.9 Å². The SMILES string of the molecule is CC(=O)C(=O)[C@H](CCCN=C(N)N)NC(=O)[C@@H](NC(=O)[C@H](CCCN=C(N)N)NC(=O)[C@H](Cc1cnc[nH]1)NN[C@@H](C)C(=O)C(=O)NCC(C)(C)C)C(C)C. The Kier molecular flexibility index (Phi) is 20.2. The Hall–Kier alpha value is -5.44. The molecule has 1 heterocycles. The van der Waals surface area contributed by atoms with Gasteiger partial charge in [-0.1, -0.05) is 34.6 Å². The van der Waals surface area contributed by atoms with E-state index in [1.54, 1.807) is 13.8 Å². The number of guanidine groups is 2. The summed E-state index contributed by atoms with van der Waals surface area (Å²) in [5.41, 5.74) is 27.4. The highest BCUT2D eigenvalue weighted by atomic mass is 16.2. The van der Waals surface area contributed by atoms with Crippen molar-refractivity contribution >= 4 is 52.9 Å². The molecule has 1 aromatic heterocycles. The number of hydrazine groups is 1. The van der Waals surface area contributed by atoms with Crippen molar-refractivity contribution in [2.75, 3.05) is 19.6 Å². The smallest absolute Gasteiger partial charge is 0.289 e. The second-order valence-corrected chi connectivity index (χ2v) is 14.6. The Labute approximate surface area is 321 Å². The summed E-state index contributed by atoms with van der Waals surface area (Å²) in [4.78, 5) is 106. The number of hydrogen-bond donors (Lipinski definition) is 11. The monoisotopic (exact) mass is 776 g/mol. The zero-order chi connectivity index (χ0) is 41.9. The molecule has 15 N–H and O–H groups in total. The van der Waals surface area contributed by atoms with Crippen LogP contribution in [-0.4, -0.2) is 113 Å². The third-order valence-corrected chi connectivity index (χ3v) is 7.92. The standard InChI is InChI=1S/C34H60N14O7/c1-18(2)25(30(54)44-22(27(51)20(4)49)10-8-12-40-32(35)36)46-28(52)23(11-9-13-41-33(37)38)45-29(53)24(14-21-15-39-17-43-21)48-47-19(3)26(50)31(55)42-16-34(5,6)7/h15,17-19,22-25,47-48H,8-14,16H2,1-7H3,(H,39,43)(H,42,55)(H,44,54)(H,45,53)(H,46,52)(H4,35,36,40)(H4,37,38,41)/t19-,22-,23-,24-,25-/m0/s1. The quantitative estimate of drug-likeness (QED) is 0.0154. The molecule has 0 radical (unpaired) electrons. The molecule has 0 saturated carbocycles. The van der Waals surface area contributed by atoms with Crippen LogP contribution < -0.4 is 55.1 Å². The highest BCUT2D eigenvalue weighted by Gasteiger charge is 2.33. The molecule has 0 saturated heterocycles. The summed E-state index contributed by atoms with van der Waals surface area (Å²) in [7, 11) is 0. The molecular weight excluding hydrogens is 716 g/mol. The van der Waals surface area contributed by atoms with Crippen molar-refractivity contribution in [1.29, 1.82) is 0 Å². The normalized spacial score (nSPS) is 14.0. The lowest BCUT2D eigenvalue weighted by Gasteiger charge is -2.28. The summed E-state index contributed by atoms with van der Waals surface area (Å²) >= 11 is 0. The number of nitrogens with two attached hydrogens (primary N) is 4. The number of H-pyrrole nitrogens is 1. The maximum absolute atomic E-state index is 13.8. The number of nitrogens with zero attached hydrogens (tertiary/aromatic N) is 3. The first-order valence-electron chi connectivity index (χ1n) is 18.0. The van der Waals surface area contributed by atoms with Gasteiger partial charge in [-0.3, -0.25) is 43.5 Å². The van der Waals surface area contributed by atoms with Crippen molar-refractivity contribution in [3.05, 3.63) is 18.2 Å². The van der Waals surface area contributed by atoms with Crippen molar-refractivity contribution in [2.24, 2.45) is 44.3 Å². The fraction of sp³-hybridized carbons (Fsp3) is 0.647. The second-order valence-electron chi connectivity index (χ2n) is 14.6. The number of imidazole rings is 1. The van der Waals surface area contributed by atoms with E-state index in [0.29, 0.717) is 5.69 Å². The molecule has 0 fully saturated rings. The maximum atomic E-state index is 13.8. The number of amides is 4. The highest BCUT2D eigenvalue weighted by molar-refractivity contribution is 6.38. The number of nitrogens with one attached hydrogen (secondary N) is 7. The molecule has 0 aliphatic carbocycles. The first-order chi connectivity index (χ1) is 25.6. The Balaban J connectivity index is 3.26. The lowest BCUT2D eigenvalue weighted by molar-refractivity contribution is -0.139. The Morgan fingerprint density at radius 1 is 0.764 bits per heavy atom. The van der Waals surface area contributed by atoms with Crippen LogP contribution in [-0.2, 0) is 40.0 Å². The third-order valence-electron chi connectivity index (χ3n) is 7.92. The number of rotatable bonds is 25. The van der Waals surface area contributed by atoms with Crippen molar-refractivity contribution in [1.82, 2.24) is 42.1 Å². The molecule has 21 heteroatoms. The van der Waals surface area contributed by atoms with Crippen molar-refractivity contribution < 1.29 is 33.6 Å². The number of hydrogen-bond acceptors (Lipinski definition) is 12. The molecule has 0 aromatic carbocycles. The molecule has 5 atom stereocenters. The summed E-state index contributed by atoms with van der Waals surface area (Å²) in [5.74, 6) is -6.14. The maximum Gasteiger partial charge on any atom is 0.289 e. The van der Waals surface area contributed by atoms with Gasteiger partial charge in [0, 0.05) is 44.9 Å². The van der Waals surface area contributed by atoms with Crippen LogP contribution in [0.3, 0.4) is 0 Å². The predicted molar refractivity (Wildman–Crippen MR) is 205 cm³/mol. The van der Waals surface area contributed by atoms with Gasteiger partial charge in [0.2, 0.25) is 29.3 Å². The van der Waals surface area contributed by atoms with E-state index in [0.717, 1.165) is 6.92 Å². The first kappa shape index (κ1) is 47.6. The van der Waals surface area contributed by atoms with Crippen molar-refractivity contribution in [3.8, 4) is 0 Å². The van der Waals surface area contributed by atoms with Crippen LogP contribution in [0.15, 0.2) is 22.5 Å². The molecule has 308 valence electrons. The van der Waals surface area contributed by atoms with Gasteiger partial charge in [0.05, 0.1) is 18.4 Å². The summed E-state index contributed by atoms with van der Waals surface area (Å²) in [6.07, 6.45) is 3.52. The molecule has 55 heavy (non-hydrogen) atoms. The predicted octanol–water partition coefficient (Wildman–Crippen LogP) is -3.09. The number of carbonyl (C=O) groups excluding carboxylic acids is 7. The Morgan fingerprint density at radius 2 is 1.31 bits per heavy atom. The van der Waals surface area contributed by atoms with Crippen molar-refractivity contribution in [2.45, 2.75) is 111 Å². The number of aliphatic imine (C=N–C) groups is 2. The van der Waals surface area contributed by atoms with Gasteiger partial charge in [0.25, 0.3) is 5.91 Å². The van der Waals surface area contributed by atoms with Gasteiger partial charge in [-0.2, -0.15) is 0 Å². The van der Waals surface area contributed by atoms with E-state index in [2.05, 4.69) is 52.1 Å². The number of aromatic nitrogens is 2. The second kappa shape index (κ2) is 23.4. The summed E-state index contributed by atoms with van der Waals surface area (Å²) < 4.78 is 0. The average molecular weight is 777 g/mol. The zero-order valence-electron chi connectivity index (χ0n) is 32.8. The summed E-state index contributed by atoms with van der Waals surface area (Å²) in [5, 5.41) is 10.5. The van der Waals surface area contributed by atoms with Crippen LogP contribution in [0.1, 0.15) is 79.8 Å².